The van der Waals surface area contributed by atoms with Crippen LogP contribution in [0, 0.1) is 6.92 Å². The van der Waals surface area contributed by atoms with Crippen molar-refractivity contribution in [2.45, 2.75) is 11.8 Å². The zero-order valence-electron chi connectivity index (χ0n) is 10.9. The van der Waals surface area contributed by atoms with Gasteiger partial charge in [-0.05, 0) is 31.2 Å². The molecule has 0 amide bonds. The predicted molar refractivity (Wildman–Crippen MR) is 85.8 cm³/mol. The summed E-state index contributed by atoms with van der Waals surface area (Å²) >= 11 is 2.80. The zero-order chi connectivity index (χ0) is 14.6. The molecule has 0 fully saturated rings. The van der Waals surface area contributed by atoms with Gasteiger partial charge in [-0.15, -0.1) is 23.1 Å². The number of benzene rings is 1. The Morgan fingerprint density at radius 1 is 1.35 bits per heavy atom. The Kier molecular flexibility index (Phi) is 4.90. The molecule has 8 heteroatoms. The highest BCUT2D eigenvalue weighted by molar-refractivity contribution is 8.01. The van der Waals surface area contributed by atoms with Gasteiger partial charge in [-0.1, -0.05) is 0 Å². The number of nitrogens with zero attached hydrogens (tertiary/aromatic N) is 1. The van der Waals surface area contributed by atoms with Crippen LogP contribution < -0.4 is 10.5 Å². The van der Waals surface area contributed by atoms with Gasteiger partial charge in [0, 0.05) is 27.4 Å². The fraction of sp³-hybridized carbons (Fsp3) is 0.250. The molecule has 1 aromatic carbocycles. The van der Waals surface area contributed by atoms with Crippen LogP contribution in [0.2, 0.25) is 0 Å². The standard InChI is InChI=1S/C12H15N3O2S3/c1-9-8-14-12(19-9)15-20(16,17)7-6-18-11-4-2-10(13)3-5-11/h2-5,8H,6-7,13H2,1H3,(H,14,15). The number of sulfonamides is 1. The first-order valence-electron chi connectivity index (χ1n) is 5.86. The normalized spacial score (nSPS) is 11.4. The number of nitrogens with two attached hydrogens (primary N) is 1. The first kappa shape index (κ1) is 15.1. The number of hydrogen-bond donors (Lipinski definition) is 2. The van der Waals surface area contributed by atoms with Gasteiger partial charge in [0.25, 0.3) is 0 Å². The smallest absolute Gasteiger partial charge is 0.235 e. The van der Waals surface area contributed by atoms with Crippen LogP contribution in [0.4, 0.5) is 10.8 Å². The first-order valence-corrected chi connectivity index (χ1v) is 9.31. The zero-order valence-corrected chi connectivity index (χ0v) is 13.3. The van der Waals surface area contributed by atoms with E-state index in [0.717, 1.165) is 9.77 Å². The molecular formula is C12H15N3O2S3. The van der Waals surface area contributed by atoms with E-state index in [9.17, 15) is 8.42 Å². The minimum atomic E-state index is -3.35. The third-order valence-corrected chi connectivity index (χ3v) is 5.84. The van der Waals surface area contributed by atoms with Crippen molar-refractivity contribution in [3.05, 3.63) is 35.3 Å². The Hall–Kier alpha value is -1.25. The average Bonchev–Trinajstić information content (AvgIpc) is 2.76. The lowest BCUT2D eigenvalue weighted by Crippen LogP contribution is -2.17. The molecule has 0 aliphatic rings. The van der Waals surface area contributed by atoms with Gasteiger partial charge in [-0.2, -0.15) is 0 Å². The molecule has 0 bridgehead atoms. The second-order valence-electron chi connectivity index (χ2n) is 4.11. The molecule has 0 saturated heterocycles. The van der Waals surface area contributed by atoms with Crippen LogP contribution in [-0.2, 0) is 10.0 Å². The summed E-state index contributed by atoms with van der Waals surface area (Å²) in [4.78, 5) is 5.96. The molecule has 0 aliphatic heterocycles. The number of aryl methyl sites for hydroxylation is 1. The average molecular weight is 329 g/mol. The third kappa shape index (κ3) is 4.69. The van der Waals surface area contributed by atoms with E-state index in [4.69, 9.17) is 5.73 Å². The van der Waals surface area contributed by atoms with Gasteiger partial charge >= 0.3 is 0 Å². The van der Waals surface area contributed by atoms with E-state index >= 15 is 0 Å². The molecule has 3 N–H and O–H groups in total. The van der Waals surface area contributed by atoms with Crippen LogP contribution in [0.3, 0.4) is 0 Å². The molecule has 0 radical (unpaired) electrons. The fourth-order valence-electron chi connectivity index (χ4n) is 1.42. The quantitative estimate of drug-likeness (QED) is 0.628. The van der Waals surface area contributed by atoms with Gasteiger partial charge in [-0.3, -0.25) is 4.72 Å². The van der Waals surface area contributed by atoms with E-state index in [2.05, 4.69) is 9.71 Å². The molecule has 0 atom stereocenters. The second-order valence-corrected chi connectivity index (χ2v) is 8.36. The number of rotatable bonds is 6. The maximum atomic E-state index is 11.9. The van der Waals surface area contributed by atoms with Crippen LogP contribution in [0.25, 0.3) is 0 Å². The second kappa shape index (κ2) is 6.47. The highest BCUT2D eigenvalue weighted by Crippen LogP contribution is 2.21. The molecule has 1 aromatic heterocycles. The molecule has 0 saturated carbocycles. The van der Waals surface area contributed by atoms with Crippen LogP contribution in [0.5, 0.6) is 0 Å². The van der Waals surface area contributed by atoms with Crippen LogP contribution >= 0.6 is 23.1 Å². The largest absolute Gasteiger partial charge is 0.399 e. The van der Waals surface area contributed by atoms with E-state index in [1.54, 1.807) is 18.3 Å². The summed E-state index contributed by atoms with van der Waals surface area (Å²) in [7, 11) is -3.35. The summed E-state index contributed by atoms with van der Waals surface area (Å²) in [6, 6.07) is 7.36. The Morgan fingerprint density at radius 3 is 2.65 bits per heavy atom. The number of anilines is 2. The van der Waals surface area contributed by atoms with Crippen LogP contribution in [0.15, 0.2) is 35.4 Å². The number of aromatic nitrogens is 1. The van der Waals surface area contributed by atoms with Crippen molar-refractivity contribution in [1.29, 1.82) is 0 Å². The summed E-state index contributed by atoms with van der Waals surface area (Å²) < 4.78 is 26.2. The number of thiazole rings is 1. The van der Waals surface area contributed by atoms with Crippen molar-refractivity contribution in [2.75, 3.05) is 22.0 Å². The molecular weight excluding hydrogens is 314 g/mol. The number of thioether (sulfide) groups is 1. The molecule has 0 unspecified atom stereocenters. The van der Waals surface area contributed by atoms with Crippen molar-refractivity contribution >= 4 is 43.9 Å². The molecule has 108 valence electrons. The lowest BCUT2D eigenvalue weighted by molar-refractivity contribution is 0.602. The predicted octanol–water partition coefficient (Wildman–Crippen LogP) is 2.57. The lowest BCUT2D eigenvalue weighted by Gasteiger charge is -2.05. The Morgan fingerprint density at radius 2 is 2.05 bits per heavy atom. The number of nitrogens with one attached hydrogen (secondary N) is 1. The topological polar surface area (TPSA) is 85.1 Å². The van der Waals surface area contributed by atoms with Gasteiger partial charge in [0.05, 0.1) is 5.75 Å². The van der Waals surface area contributed by atoms with E-state index in [-0.39, 0.29) is 5.75 Å². The lowest BCUT2D eigenvalue weighted by atomic mass is 10.3. The van der Waals surface area contributed by atoms with Crippen LogP contribution in [0.1, 0.15) is 4.88 Å². The van der Waals surface area contributed by atoms with Gasteiger partial charge < -0.3 is 5.73 Å². The van der Waals surface area contributed by atoms with Crippen LogP contribution in [-0.4, -0.2) is 24.9 Å². The van der Waals surface area contributed by atoms with Gasteiger partial charge in [-0.25, -0.2) is 13.4 Å². The van der Waals surface area contributed by atoms with Gasteiger partial charge in [0.1, 0.15) is 0 Å². The number of nitrogen functional groups attached to an aromatic ring is 1. The first-order chi connectivity index (χ1) is 9.44. The van der Waals surface area contributed by atoms with E-state index < -0.39 is 10.0 Å². The summed E-state index contributed by atoms with van der Waals surface area (Å²) in [6.45, 7) is 1.88. The minimum Gasteiger partial charge on any atom is -0.399 e. The summed E-state index contributed by atoms with van der Waals surface area (Å²) in [5, 5.41) is 0.417. The monoisotopic (exact) mass is 329 g/mol. The number of hydrogen-bond acceptors (Lipinski definition) is 6. The van der Waals surface area contributed by atoms with Gasteiger partial charge in [0.2, 0.25) is 10.0 Å². The Balaban J connectivity index is 1.84. The van der Waals surface area contributed by atoms with Crippen molar-refractivity contribution in [3.63, 3.8) is 0 Å². The maximum absolute atomic E-state index is 11.9. The Labute approximate surface area is 126 Å². The molecule has 20 heavy (non-hydrogen) atoms. The molecule has 0 spiro atoms. The van der Waals surface area contributed by atoms with E-state index in [1.165, 1.54) is 23.1 Å². The Bertz CT molecular complexity index is 666. The SMILES string of the molecule is Cc1cnc(NS(=O)(=O)CCSc2ccc(N)cc2)s1. The van der Waals surface area contributed by atoms with E-state index in [1.807, 2.05) is 19.1 Å². The fourth-order valence-corrected chi connectivity index (χ4v) is 4.68. The molecule has 2 rings (SSSR count). The van der Waals surface area contributed by atoms with Gasteiger partial charge in [0.15, 0.2) is 5.13 Å². The van der Waals surface area contributed by atoms with Crippen molar-refractivity contribution < 1.29 is 8.42 Å². The third-order valence-electron chi connectivity index (χ3n) is 2.36. The molecule has 5 nitrogen and oxygen atoms in total. The minimum absolute atomic E-state index is 0.0423. The van der Waals surface area contributed by atoms with Crippen molar-refractivity contribution in [1.82, 2.24) is 4.98 Å². The maximum Gasteiger partial charge on any atom is 0.235 e. The molecule has 0 aliphatic carbocycles. The summed E-state index contributed by atoms with van der Waals surface area (Å²) in [5.41, 5.74) is 6.29. The highest BCUT2D eigenvalue weighted by Gasteiger charge is 2.12. The van der Waals surface area contributed by atoms with Crippen molar-refractivity contribution in [2.24, 2.45) is 0 Å². The summed E-state index contributed by atoms with van der Waals surface area (Å²) in [6.07, 6.45) is 1.64. The van der Waals surface area contributed by atoms with Crippen molar-refractivity contribution in [3.8, 4) is 0 Å². The summed E-state index contributed by atoms with van der Waals surface area (Å²) in [5.74, 6) is 0.518. The highest BCUT2D eigenvalue weighted by atomic mass is 32.2. The molecule has 2 aromatic rings. The molecule has 1 heterocycles. The van der Waals surface area contributed by atoms with E-state index in [0.29, 0.717) is 16.6 Å².